The number of para-hydroxylation sites is 1. The molecule has 1 aromatic heterocycles. The Morgan fingerprint density at radius 3 is 2.72 bits per heavy atom. The quantitative estimate of drug-likeness (QED) is 0.649. The summed E-state index contributed by atoms with van der Waals surface area (Å²) in [4.78, 5) is 34.1. The number of fused-ring (bicyclic) bond motifs is 1. The van der Waals surface area contributed by atoms with Crippen molar-refractivity contribution in [1.82, 2.24) is 5.32 Å². The van der Waals surface area contributed by atoms with Crippen molar-refractivity contribution in [3.8, 4) is 0 Å². The maximum atomic E-state index is 11.7. The van der Waals surface area contributed by atoms with E-state index in [-0.39, 0.29) is 18.0 Å². The Morgan fingerprint density at radius 2 is 2.00 bits per heavy atom. The highest BCUT2D eigenvalue weighted by atomic mass is 16.4. The van der Waals surface area contributed by atoms with E-state index in [1.165, 1.54) is 13.0 Å². The second-order valence-electron chi connectivity index (χ2n) is 3.82. The molecule has 0 aliphatic rings. The Hall–Kier alpha value is -2.43. The molecule has 0 saturated heterocycles. The van der Waals surface area contributed by atoms with E-state index < -0.39 is 11.4 Å². The first kappa shape index (κ1) is 12.0. The first-order valence-corrected chi connectivity index (χ1v) is 5.38. The molecule has 92 valence electrons. The van der Waals surface area contributed by atoms with Gasteiger partial charge in [0.15, 0.2) is 5.78 Å². The first-order valence-electron chi connectivity index (χ1n) is 5.38. The largest absolute Gasteiger partial charge is 0.422 e. The Bertz CT molecular complexity index is 672. The van der Waals surface area contributed by atoms with Crippen LogP contribution in [0.25, 0.3) is 11.0 Å². The van der Waals surface area contributed by atoms with Crippen LogP contribution in [0.4, 0.5) is 0 Å². The number of rotatable bonds is 3. The van der Waals surface area contributed by atoms with Gasteiger partial charge in [-0.3, -0.25) is 9.59 Å². The highest BCUT2D eigenvalue weighted by Crippen LogP contribution is 2.12. The number of carbonyl (C=O) groups excluding carboxylic acids is 2. The van der Waals surface area contributed by atoms with Gasteiger partial charge in [-0.05, 0) is 12.1 Å². The van der Waals surface area contributed by atoms with Gasteiger partial charge in [0.1, 0.15) is 11.1 Å². The molecular formula is C13H11NO4. The molecule has 1 N–H and O–H groups in total. The van der Waals surface area contributed by atoms with Crippen LogP contribution in [0.2, 0.25) is 0 Å². The molecule has 2 rings (SSSR count). The van der Waals surface area contributed by atoms with Gasteiger partial charge in [0.2, 0.25) is 5.91 Å². The minimum atomic E-state index is -0.691. The second-order valence-corrected chi connectivity index (χ2v) is 3.82. The van der Waals surface area contributed by atoms with Gasteiger partial charge in [-0.25, -0.2) is 4.79 Å². The second kappa shape index (κ2) is 4.83. The lowest BCUT2D eigenvalue weighted by molar-refractivity contribution is -0.118. The maximum Gasteiger partial charge on any atom is 0.347 e. The first-order chi connectivity index (χ1) is 8.58. The summed E-state index contributed by atoms with van der Waals surface area (Å²) in [5, 5.41) is 3.02. The molecule has 2 aromatic rings. The zero-order valence-electron chi connectivity index (χ0n) is 9.73. The predicted molar refractivity (Wildman–Crippen MR) is 65.5 cm³/mol. The van der Waals surface area contributed by atoms with Gasteiger partial charge in [-0.1, -0.05) is 18.2 Å². The van der Waals surface area contributed by atoms with E-state index in [9.17, 15) is 14.4 Å². The number of benzene rings is 1. The summed E-state index contributed by atoms with van der Waals surface area (Å²) in [7, 11) is 0. The van der Waals surface area contributed by atoms with Gasteiger partial charge in [-0.15, -0.1) is 0 Å². The number of carbonyl (C=O) groups is 2. The topological polar surface area (TPSA) is 76.4 Å². The fourth-order valence-corrected chi connectivity index (χ4v) is 1.56. The third-order valence-corrected chi connectivity index (χ3v) is 2.44. The summed E-state index contributed by atoms with van der Waals surface area (Å²) in [5.41, 5.74) is -0.315. The Labute approximate surface area is 102 Å². The molecule has 1 aromatic carbocycles. The summed E-state index contributed by atoms with van der Waals surface area (Å²) < 4.78 is 5.03. The fourth-order valence-electron chi connectivity index (χ4n) is 1.56. The lowest BCUT2D eigenvalue weighted by atomic mass is 10.1. The van der Waals surface area contributed by atoms with Crippen molar-refractivity contribution in [2.45, 2.75) is 6.92 Å². The third-order valence-electron chi connectivity index (χ3n) is 2.44. The standard InChI is InChI=1S/C13H11NO4/c1-8(15)14-7-11(16)10-6-9-4-2-3-5-12(9)18-13(10)17/h2-6H,7H2,1H3,(H,14,15). The van der Waals surface area contributed by atoms with Gasteiger partial charge < -0.3 is 9.73 Å². The molecule has 0 aliphatic heterocycles. The van der Waals surface area contributed by atoms with E-state index in [1.807, 2.05) is 0 Å². The van der Waals surface area contributed by atoms with E-state index in [0.717, 1.165) is 0 Å². The van der Waals surface area contributed by atoms with Crippen molar-refractivity contribution < 1.29 is 14.0 Å². The smallest absolute Gasteiger partial charge is 0.347 e. The molecule has 0 aliphatic carbocycles. The highest BCUT2D eigenvalue weighted by molar-refractivity contribution is 6.00. The van der Waals surface area contributed by atoms with E-state index in [1.54, 1.807) is 24.3 Å². The summed E-state index contributed by atoms with van der Waals surface area (Å²) >= 11 is 0. The molecule has 0 atom stereocenters. The van der Waals surface area contributed by atoms with Crippen LogP contribution in [0.1, 0.15) is 17.3 Å². The van der Waals surface area contributed by atoms with Crippen LogP contribution in [0.3, 0.4) is 0 Å². The molecule has 0 spiro atoms. The zero-order chi connectivity index (χ0) is 13.1. The van der Waals surface area contributed by atoms with Crippen molar-refractivity contribution in [3.63, 3.8) is 0 Å². The van der Waals surface area contributed by atoms with Crippen molar-refractivity contribution in [2.75, 3.05) is 6.54 Å². The number of Topliss-reactive ketones (excluding diaryl/α,β-unsaturated/α-hetero) is 1. The lowest BCUT2D eigenvalue weighted by Gasteiger charge is -2.02. The molecule has 5 heteroatoms. The molecule has 0 fully saturated rings. The molecule has 0 bridgehead atoms. The van der Waals surface area contributed by atoms with E-state index in [0.29, 0.717) is 11.0 Å². The predicted octanol–water partition coefficient (Wildman–Crippen LogP) is 1.11. The number of ketones is 1. The van der Waals surface area contributed by atoms with Crippen LogP contribution in [-0.2, 0) is 4.79 Å². The minimum absolute atomic E-state index is 0.0533. The fraction of sp³-hybridized carbons (Fsp3) is 0.154. The third kappa shape index (κ3) is 2.45. The van der Waals surface area contributed by atoms with Gasteiger partial charge in [-0.2, -0.15) is 0 Å². The van der Waals surface area contributed by atoms with Gasteiger partial charge in [0.05, 0.1) is 6.54 Å². The summed E-state index contributed by atoms with van der Waals surface area (Å²) in [5.74, 6) is -0.793. The number of hydrogen-bond acceptors (Lipinski definition) is 4. The molecule has 0 unspecified atom stereocenters. The van der Waals surface area contributed by atoms with Crippen LogP contribution < -0.4 is 10.9 Å². The number of amides is 1. The lowest BCUT2D eigenvalue weighted by Crippen LogP contribution is -2.29. The normalized spacial score (nSPS) is 10.3. The van der Waals surface area contributed by atoms with Crippen LogP contribution in [0.5, 0.6) is 0 Å². The van der Waals surface area contributed by atoms with Crippen LogP contribution in [0.15, 0.2) is 39.5 Å². The van der Waals surface area contributed by atoms with Gasteiger partial charge in [0.25, 0.3) is 0 Å². The minimum Gasteiger partial charge on any atom is -0.422 e. The SMILES string of the molecule is CC(=O)NCC(=O)c1cc2ccccc2oc1=O. The van der Waals surface area contributed by atoms with E-state index in [4.69, 9.17) is 4.42 Å². The Morgan fingerprint density at radius 1 is 1.28 bits per heavy atom. The summed E-state index contributed by atoms with van der Waals surface area (Å²) in [6.45, 7) is 1.09. The molecule has 0 radical (unpaired) electrons. The zero-order valence-corrected chi connectivity index (χ0v) is 9.73. The van der Waals surface area contributed by atoms with Crippen molar-refractivity contribution in [1.29, 1.82) is 0 Å². The average Bonchev–Trinajstić information content (AvgIpc) is 2.35. The number of nitrogens with one attached hydrogen (secondary N) is 1. The molecule has 1 heterocycles. The highest BCUT2D eigenvalue weighted by Gasteiger charge is 2.13. The van der Waals surface area contributed by atoms with E-state index in [2.05, 4.69) is 5.32 Å². The Balaban J connectivity index is 2.38. The molecule has 5 nitrogen and oxygen atoms in total. The molecular weight excluding hydrogens is 234 g/mol. The van der Waals surface area contributed by atoms with Crippen molar-refractivity contribution in [3.05, 3.63) is 46.3 Å². The Kier molecular flexibility index (Phi) is 3.23. The van der Waals surface area contributed by atoms with Crippen LogP contribution >= 0.6 is 0 Å². The van der Waals surface area contributed by atoms with Crippen molar-refractivity contribution >= 4 is 22.7 Å². The number of hydrogen-bond donors (Lipinski definition) is 1. The molecule has 0 saturated carbocycles. The average molecular weight is 245 g/mol. The van der Waals surface area contributed by atoms with Crippen molar-refractivity contribution in [2.24, 2.45) is 0 Å². The molecule has 18 heavy (non-hydrogen) atoms. The summed E-state index contributed by atoms with van der Waals surface area (Å²) in [6, 6.07) is 8.39. The summed E-state index contributed by atoms with van der Waals surface area (Å²) in [6.07, 6.45) is 0. The van der Waals surface area contributed by atoms with Gasteiger partial charge >= 0.3 is 5.63 Å². The van der Waals surface area contributed by atoms with Gasteiger partial charge in [0, 0.05) is 12.3 Å². The molecule has 1 amide bonds. The van der Waals surface area contributed by atoms with Crippen LogP contribution in [0, 0.1) is 0 Å². The van der Waals surface area contributed by atoms with E-state index >= 15 is 0 Å². The monoisotopic (exact) mass is 245 g/mol. The van der Waals surface area contributed by atoms with Crippen LogP contribution in [-0.4, -0.2) is 18.2 Å². The maximum absolute atomic E-state index is 11.7.